The van der Waals surface area contributed by atoms with Crippen LogP contribution in [0.25, 0.3) is 0 Å². The van der Waals surface area contributed by atoms with Crippen LogP contribution in [0.15, 0.2) is 0 Å². The van der Waals surface area contributed by atoms with Gasteiger partial charge in [-0.2, -0.15) is 0 Å². The Hall–Kier alpha value is -1.79. The zero-order valence-electron chi connectivity index (χ0n) is 12.1. The molecule has 118 valence electrons. The number of carbonyl (C=O) groups excluding carboxylic acids is 2. The summed E-state index contributed by atoms with van der Waals surface area (Å²) in [6, 6.07) is -0.276. The number of rotatable bonds is 4. The van der Waals surface area contributed by atoms with Crippen molar-refractivity contribution in [3.8, 4) is 0 Å². The van der Waals surface area contributed by atoms with Crippen LogP contribution in [0.3, 0.4) is 0 Å². The number of carbonyl (C=O) groups is 3. The average Bonchev–Trinajstić information content (AvgIpc) is 2.88. The first-order valence-corrected chi connectivity index (χ1v) is 7.50. The Labute approximate surface area is 123 Å². The first-order valence-electron chi connectivity index (χ1n) is 7.50. The monoisotopic (exact) mass is 297 g/mol. The van der Waals surface area contributed by atoms with Crippen molar-refractivity contribution in [2.24, 2.45) is 11.7 Å². The van der Waals surface area contributed by atoms with Gasteiger partial charge in [0.15, 0.2) is 0 Å². The first-order chi connectivity index (χ1) is 9.92. The Morgan fingerprint density at radius 2 is 1.90 bits per heavy atom. The van der Waals surface area contributed by atoms with Gasteiger partial charge in [0.2, 0.25) is 5.91 Å². The van der Waals surface area contributed by atoms with Crippen molar-refractivity contribution in [3.63, 3.8) is 0 Å². The van der Waals surface area contributed by atoms with E-state index in [9.17, 15) is 14.4 Å². The lowest BCUT2D eigenvalue weighted by Crippen LogP contribution is -2.55. The van der Waals surface area contributed by atoms with Crippen LogP contribution in [-0.4, -0.2) is 46.5 Å². The number of nitrogens with one attached hydrogen (secondary N) is 1. The molecular weight excluding hydrogens is 274 g/mol. The van der Waals surface area contributed by atoms with Gasteiger partial charge in [-0.25, -0.2) is 4.79 Å². The lowest BCUT2D eigenvalue weighted by Gasteiger charge is -2.38. The van der Waals surface area contributed by atoms with E-state index in [-0.39, 0.29) is 24.3 Å². The minimum Gasteiger partial charge on any atom is -0.481 e. The van der Waals surface area contributed by atoms with Crippen molar-refractivity contribution in [2.45, 2.75) is 50.5 Å². The number of nitrogens with zero attached hydrogens (tertiary/aromatic N) is 1. The third kappa shape index (κ3) is 3.86. The van der Waals surface area contributed by atoms with Crippen LogP contribution in [0.1, 0.15) is 44.9 Å². The summed E-state index contributed by atoms with van der Waals surface area (Å²) in [5.41, 5.74) is 4.61. The molecule has 0 radical (unpaired) electrons. The number of likely N-dealkylation sites (tertiary alicyclic amines) is 1. The van der Waals surface area contributed by atoms with E-state index in [0.717, 1.165) is 19.3 Å². The highest BCUT2D eigenvalue weighted by Crippen LogP contribution is 2.31. The summed E-state index contributed by atoms with van der Waals surface area (Å²) in [6.07, 6.45) is 4.84. The molecule has 0 spiro atoms. The molecule has 0 bridgehead atoms. The van der Waals surface area contributed by atoms with E-state index >= 15 is 0 Å². The van der Waals surface area contributed by atoms with Gasteiger partial charge in [-0.3, -0.25) is 9.59 Å². The van der Waals surface area contributed by atoms with Crippen LogP contribution >= 0.6 is 0 Å². The Balaban J connectivity index is 1.98. The molecule has 1 aliphatic carbocycles. The molecular formula is C14H23N3O4. The Kier molecular flexibility index (Phi) is 4.69. The minimum absolute atomic E-state index is 0.0498. The van der Waals surface area contributed by atoms with Gasteiger partial charge in [0.1, 0.15) is 0 Å². The molecule has 0 aromatic rings. The van der Waals surface area contributed by atoms with E-state index in [1.54, 1.807) is 4.90 Å². The molecule has 7 heteroatoms. The summed E-state index contributed by atoms with van der Waals surface area (Å²) < 4.78 is 0. The fraction of sp³-hybridized carbons (Fsp3) is 0.786. The van der Waals surface area contributed by atoms with E-state index in [0.29, 0.717) is 32.4 Å². The van der Waals surface area contributed by atoms with Crippen LogP contribution in [0.2, 0.25) is 0 Å². The van der Waals surface area contributed by atoms with Crippen molar-refractivity contribution in [1.29, 1.82) is 0 Å². The third-order valence-corrected chi connectivity index (χ3v) is 4.55. The highest BCUT2D eigenvalue weighted by atomic mass is 16.4. The second kappa shape index (κ2) is 6.32. The molecule has 1 aliphatic heterocycles. The summed E-state index contributed by atoms with van der Waals surface area (Å²) in [6.45, 7) is 0.812. The van der Waals surface area contributed by atoms with Crippen molar-refractivity contribution in [3.05, 3.63) is 0 Å². The van der Waals surface area contributed by atoms with E-state index in [1.165, 1.54) is 0 Å². The standard InChI is InChI=1S/C14H23N3O4/c15-12(20)10-4-7-17(9-10)13(21)16-14(8-11(18)19)5-2-1-3-6-14/h10H,1-9H2,(H2,15,20)(H,16,21)(H,18,19). The Bertz CT molecular complexity index is 432. The van der Waals surface area contributed by atoms with E-state index in [1.807, 2.05) is 0 Å². The number of primary amides is 1. The second-order valence-electron chi connectivity index (χ2n) is 6.18. The molecule has 1 saturated carbocycles. The molecule has 1 unspecified atom stereocenters. The molecule has 2 aliphatic rings. The highest BCUT2D eigenvalue weighted by molar-refractivity contribution is 5.81. The van der Waals surface area contributed by atoms with Crippen LogP contribution in [0, 0.1) is 5.92 Å². The fourth-order valence-corrected chi connectivity index (χ4v) is 3.35. The summed E-state index contributed by atoms with van der Waals surface area (Å²) in [5, 5.41) is 12.0. The molecule has 4 N–H and O–H groups in total. The van der Waals surface area contributed by atoms with Crippen LogP contribution in [-0.2, 0) is 9.59 Å². The zero-order chi connectivity index (χ0) is 15.5. The van der Waals surface area contributed by atoms with Crippen LogP contribution in [0.5, 0.6) is 0 Å². The first kappa shape index (κ1) is 15.6. The maximum Gasteiger partial charge on any atom is 0.317 e. The zero-order valence-corrected chi connectivity index (χ0v) is 12.1. The summed E-state index contributed by atoms with van der Waals surface area (Å²) in [7, 11) is 0. The minimum atomic E-state index is -0.895. The van der Waals surface area contributed by atoms with Crippen molar-refractivity contribution < 1.29 is 19.5 Å². The number of carboxylic acid groups (broad SMARTS) is 1. The van der Waals surface area contributed by atoms with Gasteiger partial charge in [0, 0.05) is 13.1 Å². The molecule has 0 aromatic heterocycles. The Morgan fingerprint density at radius 3 is 2.43 bits per heavy atom. The molecule has 1 heterocycles. The number of carboxylic acids is 1. The van der Waals surface area contributed by atoms with Gasteiger partial charge in [-0.15, -0.1) is 0 Å². The number of aliphatic carboxylic acids is 1. The van der Waals surface area contributed by atoms with Crippen molar-refractivity contribution in [2.75, 3.05) is 13.1 Å². The SMILES string of the molecule is NC(=O)C1CCN(C(=O)NC2(CC(=O)O)CCCCC2)C1. The van der Waals surface area contributed by atoms with E-state index < -0.39 is 11.5 Å². The summed E-state index contributed by atoms with van der Waals surface area (Å²) >= 11 is 0. The maximum absolute atomic E-state index is 12.3. The normalized spacial score (nSPS) is 24.6. The largest absolute Gasteiger partial charge is 0.481 e. The molecule has 1 saturated heterocycles. The average molecular weight is 297 g/mol. The molecule has 21 heavy (non-hydrogen) atoms. The molecule has 0 aromatic carbocycles. The van der Waals surface area contributed by atoms with Gasteiger partial charge in [-0.1, -0.05) is 19.3 Å². The third-order valence-electron chi connectivity index (χ3n) is 4.55. The molecule has 2 fully saturated rings. The van der Waals surface area contributed by atoms with Crippen LogP contribution < -0.4 is 11.1 Å². The molecule has 7 nitrogen and oxygen atoms in total. The van der Waals surface area contributed by atoms with Gasteiger partial charge in [0.05, 0.1) is 17.9 Å². The predicted octanol–water partition coefficient (Wildman–Crippen LogP) is 0.681. The van der Waals surface area contributed by atoms with Gasteiger partial charge >= 0.3 is 12.0 Å². The summed E-state index contributed by atoms with van der Waals surface area (Å²) in [5.74, 6) is -1.57. The van der Waals surface area contributed by atoms with E-state index in [2.05, 4.69) is 5.32 Å². The quantitative estimate of drug-likeness (QED) is 0.708. The fourth-order valence-electron chi connectivity index (χ4n) is 3.35. The molecule has 2 rings (SSSR count). The lowest BCUT2D eigenvalue weighted by atomic mass is 9.79. The van der Waals surface area contributed by atoms with Crippen molar-refractivity contribution in [1.82, 2.24) is 10.2 Å². The topological polar surface area (TPSA) is 113 Å². The maximum atomic E-state index is 12.3. The second-order valence-corrected chi connectivity index (χ2v) is 6.18. The molecule has 1 atom stereocenters. The lowest BCUT2D eigenvalue weighted by molar-refractivity contribution is -0.139. The predicted molar refractivity (Wildman–Crippen MR) is 75.5 cm³/mol. The van der Waals surface area contributed by atoms with Gasteiger partial charge < -0.3 is 21.1 Å². The number of hydrogen-bond acceptors (Lipinski definition) is 3. The number of urea groups is 1. The smallest absolute Gasteiger partial charge is 0.317 e. The van der Waals surface area contributed by atoms with E-state index in [4.69, 9.17) is 10.8 Å². The number of nitrogens with two attached hydrogens (primary N) is 1. The van der Waals surface area contributed by atoms with Gasteiger partial charge in [-0.05, 0) is 19.3 Å². The number of amides is 3. The number of hydrogen-bond donors (Lipinski definition) is 3. The van der Waals surface area contributed by atoms with Crippen LogP contribution in [0.4, 0.5) is 4.79 Å². The highest BCUT2D eigenvalue weighted by Gasteiger charge is 2.38. The summed E-state index contributed by atoms with van der Waals surface area (Å²) in [4.78, 5) is 36.1. The van der Waals surface area contributed by atoms with Gasteiger partial charge in [0.25, 0.3) is 0 Å². The van der Waals surface area contributed by atoms with Crippen molar-refractivity contribution >= 4 is 17.9 Å². The molecule has 3 amide bonds. The Morgan fingerprint density at radius 1 is 1.24 bits per heavy atom.